The number of non-ortho nitro benzene ring substituents is 1. The molecule has 0 spiro atoms. The number of methoxy groups -OCH3 is 1. The van der Waals surface area contributed by atoms with Crippen LogP contribution < -0.4 is 20.2 Å². The molecule has 3 aromatic rings. The Morgan fingerprint density at radius 2 is 1.68 bits per heavy atom. The topological polar surface area (TPSA) is 152 Å². The highest BCUT2D eigenvalue weighted by Crippen LogP contribution is 2.29. The first-order valence-corrected chi connectivity index (χ1v) is 11.3. The Balaban J connectivity index is 1.85. The maximum absolute atomic E-state index is 13.0. The van der Waals surface area contributed by atoms with Gasteiger partial charge in [0.15, 0.2) is 0 Å². The first-order valence-electron chi connectivity index (χ1n) is 9.80. The van der Waals surface area contributed by atoms with Crippen molar-refractivity contribution in [3.8, 4) is 5.75 Å². The van der Waals surface area contributed by atoms with Crippen molar-refractivity contribution in [2.75, 3.05) is 22.6 Å². The van der Waals surface area contributed by atoms with Gasteiger partial charge in [-0.15, -0.1) is 0 Å². The fourth-order valence-electron chi connectivity index (χ4n) is 2.84. The standard InChI is InChI=1S/C22H21N5O6S/c1-15(28)24-17-5-3-16(4-6-17)14-23-25-21-12-9-19(27(29)30)13-22(21)34(31,32)26-18-7-10-20(33-2)11-8-18/h3-14,25-26H,1-2H3,(H,24,28). The van der Waals surface area contributed by atoms with Crippen LogP contribution in [0.3, 0.4) is 0 Å². The molecule has 12 heteroatoms. The molecule has 0 radical (unpaired) electrons. The Bertz CT molecular complexity index is 1320. The molecule has 0 aliphatic carbocycles. The van der Waals surface area contributed by atoms with Crippen LogP contribution >= 0.6 is 0 Å². The molecule has 0 aliphatic heterocycles. The van der Waals surface area contributed by atoms with Crippen LogP contribution in [0, 0.1) is 10.1 Å². The fraction of sp³-hybridized carbons (Fsp3) is 0.0909. The molecule has 0 unspecified atom stereocenters. The van der Waals surface area contributed by atoms with Gasteiger partial charge >= 0.3 is 0 Å². The molecule has 3 aromatic carbocycles. The van der Waals surface area contributed by atoms with Gasteiger partial charge in [0.1, 0.15) is 10.6 Å². The fourth-order valence-corrected chi connectivity index (χ4v) is 4.08. The summed E-state index contributed by atoms with van der Waals surface area (Å²) in [5.74, 6) is 0.346. The van der Waals surface area contributed by atoms with Gasteiger partial charge in [0.05, 0.1) is 23.9 Å². The van der Waals surface area contributed by atoms with Crippen LogP contribution in [0.15, 0.2) is 76.7 Å². The van der Waals surface area contributed by atoms with Crippen molar-refractivity contribution in [1.29, 1.82) is 0 Å². The monoisotopic (exact) mass is 483 g/mol. The second-order valence-electron chi connectivity index (χ2n) is 6.94. The zero-order valence-corrected chi connectivity index (χ0v) is 19.0. The van der Waals surface area contributed by atoms with E-state index in [1.807, 2.05) is 0 Å². The van der Waals surface area contributed by atoms with E-state index in [-0.39, 0.29) is 22.2 Å². The third-order valence-corrected chi connectivity index (χ3v) is 5.86. The van der Waals surface area contributed by atoms with E-state index in [0.717, 1.165) is 6.07 Å². The van der Waals surface area contributed by atoms with Gasteiger partial charge < -0.3 is 10.1 Å². The van der Waals surface area contributed by atoms with Crippen LogP contribution in [0.5, 0.6) is 5.75 Å². The van der Waals surface area contributed by atoms with Crippen molar-refractivity contribution in [2.45, 2.75) is 11.8 Å². The minimum absolute atomic E-state index is 0.0396. The van der Waals surface area contributed by atoms with Gasteiger partial charge in [-0.25, -0.2) is 8.42 Å². The van der Waals surface area contributed by atoms with Gasteiger partial charge in [0, 0.05) is 30.4 Å². The number of nitrogens with zero attached hydrogens (tertiary/aromatic N) is 2. The number of carbonyl (C=O) groups excluding carboxylic acids is 1. The summed E-state index contributed by atoms with van der Waals surface area (Å²) >= 11 is 0. The summed E-state index contributed by atoms with van der Waals surface area (Å²) in [7, 11) is -2.72. The number of carbonyl (C=O) groups is 1. The number of nitrogens with one attached hydrogen (secondary N) is 3. The zero-order valence-electron chi connectivity index (χ0n) is 18.2. The summed E-state index contributed by atoms with van der Waals surface area (Å²) in [6.07, 6.45) is 1.44. The Morgan fingerprint density at radius 1 is 1.03 bits per heavy atom. The maximum atomic E-state index is 13.0. The number of anilines is 3. The van der Waals surface area contributed by atoms with Crippen LogP contribution in [0.4, 0.5) is 22.7 Å². The van der Waals surface area contributed by atoms with E-state index in [4.69, 9.17) is 4.74 Å². The molecular weight excluding hydrogens is 462 g/mol. The van der Waals surface area contributed by atoms with Crippen molar-refractivity contribution in [3.63, 3.8) is 0 Å². The third kappa shape index (κ3) is 6.29. The minimum atomic E-state index is -4.20. The van der Waals surface area contributed by atoms with Gasteiger partial charge in [-0.05, 0) is 48.0 Å². The number of sulfonamides is 1. The molecule has 0 fully saturated rings. The van der Waals surface area contributed by atoms with Crippen LogP contribution in [0.2, 0.25) is 0 Å². The summed E-state index contributed by atoms with van der Waals surface area (Å²) in [6.45, 7) is 1.40. The van der Waals surface area contributed by atoms with Crippen LogP contribution in [-0.4, -0.2) is 32.6 Å². The predicted octanol–water partition coefficient (Wildman–Crippen LogP) is 3.81. The average Bonchev–Trinajstić information content (AvgIpc) is 2.80. The third-order valence-electron chi connectivity index (χ3n) is 4.44. The van der Waals surface area contributed by atoms with E-state index >= 15 is 0 Å². The molecular formula is C22H21N5O6S. The lowest BCUT2D eigenvalue weighted by Gasteiger charge is -2.12. The van der Waals surface area contributed by atoms with Crippen molar-refractivity contribution in [1.82, 2.24) is 0 Å². The van der Waals surface area contributed by atoms with E-state index in [2.05, 4.69) is 20.6 Å². The smallest absolute Gasteiger partial charge is 0.270 e. The molecule has 0 heterocycles. The van der Waals surface area contributed by atoms with E-state index in [1.165, 1.54) is 44.5 Å². The lowest BCUT2D eigenvalue weighted by molar-refractivity contribution is -0.385. The minimum Gasteiger partial charge on any atom is -0.497 e. The number of hydrogen-bond donors (Lipinski definition) is 3. The average molecular weight is 484 g/mol. The molecule has 1 amide bonds. The van der Waals surface area contributed by atoms with Crippen molar-refractivity contribution in [3.05, 3.63) is 82.4 Å². The van der Waals surface area contributed by atoms with Crippen molar-refractivity contribution >= 4 is 44.9 Å². The van der Waals surface area contributed by atoms with E-state index in [9.17, 15) is 23.3 Å². The van der Waals surface area contributed by atoms with Crippen LogP contribution in [-0.2, 0) is 14.8 Å². The summed E-state index contributed by atoms with van der Waals surface area (Å²) in [4.78, 5) is 21.3. The Morgan fingerprint density at radius 3 is 2.26 bits per heavy atom. The number of amides is 1. The zero-order chi connectivity index (χ0) is 24.7. The molecule has 11 nitrogen and oxygen atoms in total. The van der Waals surface area contributed by atoms with E-state index in [0.29, 0.717) is 17.0 Å². The molecule has 0 saturated heterocycles. The number of hydrazone groups is 1. The largest absolute Gasteiger partial charge is 0.497 e. The van der Waals surface area contributed by atoms with E-state index in [1.54, 1.807) is 36.4 Å². The molecule has 0 aromatic heterocycles. The SMILES string of the molecule is COc1ccc(NS(=O)(=O)c2cc([N+](=O)[O-])ccc2NN=Cc2ccc(NC(C)=O)cc2)cc1. The molecule has 0 bridgehead atoms. The van der Waals surface area contributed by atoms with Gasteiger partial charge in [-0.1, -0.05) is 12.1 Å². The molecule has 0 atom stereocenters. The normalized spacial score (nSPS) is 11.1. The number of ether oxygens (including phenoxy) is 1. The number of rotatable bonds is 9. The summed E-state index contributed by atoms with van der Waals surface area (Å²) < 4.78 is 33.5. The van der Waals surface area contributed by atoms with Gasteiger partial charge in [-0.2, -0.15) is 5.10 Å². The predicted molar refractivity (Wildman–Crippen MR) is 129 cm³/mol. The number of nitro benzene ring substituents is 1. The Hall–Kier alpha value is -4.45. The number of hydrogen-bond acceptors (Lipinski definition) is 8. The second-order valence-corrected chi connectivity index (χ2v) is 8.60. The summed E-state index contributed by atoms with van der Waals surface area (Å²) in [6, 6.07) is 16.3. The maximum Gasteiger partial charge on any atom is 0.270 e. The lowest BCUT2D eigenvalue weighted by atomic mass is 10.2. The van der Waals surface area contributed by atoms with Crippen LogP contribution in [0.25, 0.3) is 0 Å². The highest BCUT2D eigenvalue weighted by molar-refractivity contribution is 7.92. The molecule has 176 valence electrons. The van der Waals surface area contributed by atoms with Gasteiger partial charge in [-0.3, -0.25) is 25.1 Å². The first kappa shape index (κ1) is 24.2. The van der Waals surface area contributed by atoms with Gasteiger partial charge in [0.25, 0.3) is 15.7 Å². The summed E-state index contributed by atoms with van der Waals surface area (Å²) in [5.41, 5.74) is 3.81. The van der Waals surface area contributed by atoms with Crippen molar-refractivity contribution in [2.24, 2.45) is 5.10 Å². The summed E-state index contributed by atoms with van der Waals surface area (Å²) in [5, 5.41) is 17.9. The Kier molecular flexibility index (Phi) is 7.43. The van der Waals surface area contributed by atoms with Crippen molar-refractivity contribution < 1.29 is 22.9 Å². The molecule has 0 aliphatic rings. The van der Waals surface area contributed by atoms with E-state index < -0.39 is 20.6 Å². The highest BCUT2D eigenvalue weighted by Gasteiger charge is 2.22. The quantitative estimate of drug-likeness (QED) is 0.238. The number of benzene rings is 3. The number of nitro groups is 1. The molecule has 3 N–H and O–H groups in total. The molecule has 0 saturated carbocycles. The Labute approximate surface area is 195 Å². The van der Waals surface area contributed by atoms with Crippen LogP contribution in [0.1, 0.15) is 12.5 Å². The molecule has 3 rings (SSSR count). The first-order chi connectivity index (χ1) is 16.2. The highest BCUT2D eigenvalue weighted by atomic mass is 32.2. The lowest BCUT2D eigenvalue weighted by Crippen LogP contribution is -2.15. The molecule has 34 heavy (non-hydrogen) atoms. The van der Waals surface area contributed by atoms with Gasteiger partial charge in [0.2, 0.25) is 5.91 Å². The second kappa shape index (κ2) is 10.4.